The first-order valence-electron chi connectivity index (χ1n) is 15.8. The van der Waals surface area contributed by atoms with Gasteiger partial charge in [0.25, 0.3) is 0 Å². The van der Waals surface area contributed by atoms with Crippen LogP contribution in [-0.4, -0.2) is 14.5 Å². The van der Waals surface area contributed by atoms with Gasteiger partial charge in [0.2, 0.25) is 0 Å². The van der Waals surface area contributed by atoms with Crippen molar-refractivity contribution in [3.05, 3.63) is 58.7 Å². The van der Waals surface area contributed by atoms with E-state index in [-0.39, 0.29) is 11.8 Å². The molecule has 2 aromatic rings. The van der Waals surface area contributed by atoms with Gasteiger partial charge < -0.3 is 4.89 Å². The molecule has 0 spiro atoms. The van der Waals surface area contributed by atoms with Crippen molar-refractivity contribution in [2.24, 2.45) is 5.92 Å². The maximum absolute atomic E-state index is 14.6. The van der Waals surface area contributed by atoms with Crippen LogP contribution in [0.4, 0.5) is 0 Å². The lowest BCUT2D eigenvalue weighted by Gasteiger charge is -2.37. The third kappa shape index (κ3) is 6.37. The first kappa shape index (κ1) is 32.3. The lowest BCUT2D eigenvalue weighted by Crippen LogP contribution is -2.45. The van der Waals surface area contributed by atoms with Crippen molar-refractivity contribution in [3.8, 4) is 11.1 Å². The number of benzene rings is 2. The molecular weight excluding hydrogens is 551 g/mol. The lowest BCUT2D eigenvalue weighted by molar-refractivity contribution is -0.169. The SMILES string of the molecule is CC(C)c1cc(C(C)C)c(-c2ccccc2C(C2CCCCC2)([P+](=O)[O-])S(=O)(=O)OC2CCCCC2)c(C(C)C)c1. The van der Waals surface area contributed by atoms with Gasteiger partial charge in [0.15, 0.2) is 0 Å². The molecule has 2 aromatic carbocycles. The van der Waals surface area contributed by atoms with Gasteiger partial charge in [-0.25, -0.2) is 0 Å². The Labute approximate surface area is 249 Å². The summed E-state index contributed by atoms with van der Waals surface area (Å²) in [5.74, 6) is 0.0898. The minimum absolute atomic E-state index is 0.162. The molecule has 0 saturated heterocycles. The number of hydrogen-bond acceptors (Lipinski definition) is 5. The molecule has 0 N–H and O–H groups in total. The summed E-state index contributed by atoms with van der Waals surface area (Å²) in [6.45, 7) is 13.0. The van der Waals surface area contributed by atoms with E-state index >= 15 is 0 Å². The number of rotatable bonds is 10. The molecule has 7 heteroatoms. The Hall–Kier alpha value is -1.59. The molecule has 4 rings (SSSR count). The summed E-state index contributed by atoms with van der Waals surface area (Å²) in [5, 5.41) is 0. The van der Waals surface area contributed by atoms with E-state index in [0.29, 0.717) is 42.7 Å². The summed E-state index contributed by atoms with van der Waals surface area (Å²) >= 11 is 0. The van der Waals surface area contributed by atoms with E-state index in [4.69, 9.17) is 4.18 Å². The van der Waals surface area contributed by atoms with Gasteiger partial charge >= 0.3 is 22.6 Å². The molecule has 2 unspecified atom stereocenters. The largest absolute Gasteiger partial charge is 0.594 e. The van der Waals surface area contributed by atoms with E-state index < -0.39 is 34.7 Å². The quantitative estimate of drug-likeness (QED) is 0.200. The van der Waals surface area contributed by atoms with Crippen molar-refractivity contribution in [1.29, 1.82) is 0 Å². The van der Waals surface area contributed by atoms with Crippen LogP contribution >= 0.6 is 8.03 Å². The van der Waals surface area contributed by atoms with Crippen molar-refractivity contribution in [1.82, 2.24) is 0 Å². The second-order valence-corrected chi connectivity index (χ2v) is 16.4. The van der Waals surface area contributed by atoms with E-state index in [1.165, 1.54) is 5.56 Å². The van der Waals surface area contributed by atoms with Gasteiger partial charge in [0.05, 0.1) is 6.10 Å². The average Bonchev–Trinajstić information content (AvgIpc) is 2.93. The molecule has 0 aliphatic heterocycles. The van der Waals surface area contributed by atoms with Crippen LogP contribution in [-0.2, 0) is 23.4 Å². The summed E-state index contributed by atoms with van der Waals surface area (Å²) in [7, 11) is -8.00. The van der Waals surface area contributed by atoms with E-state index in [1.807, 2.05) is 12.1 Å². The molecular formula is C34H49O5PS. The molecule has 226 valence electrons. The normalized spacial score (nSPS) is 19.6. The highest BCUT2D eigenvalue weighted by Gasteiger charge is 2.65. The molecule has 41 heavy (non-hydrogen) atoms. The highest BCUT2D eigenvalue weighted by Crippen LogP contribution is 2.60. The maximum atomic E-state index is 14.6. The molecule has 2 fully saturated rings. The molecule has 2 aliphatic rings. The molecule has 0 amide bonds. The fourth-order valence-electron chi connectivity index (χ4n) is 7.09. The predicted molar refractivity (Wildman–Crippen MR) is 167 cm³/mol. The van der Waals surface area contributed by atoms with Crippen molar-refractivity contribution in [2.45, 2.75) is 134 Å². The molecule has 2 atom stereocenters. The zero-order valence-electron chi connectivity index (χ0n) is 25.8. The Morgan fingerprint density at radius 2 is 1.32 bits per heavy atom. The highest BCUT2D eigenvalue weighted by atomic mass is 32.2. The fourth-order valence-corrected chi connectivity index (χ4v) is 10.7. The molecule has 0 heterocycles. The third-order valence-electron chi connectivity index (χ3n) is 9.34. The summed E-state index contributed by atoms with van der Waals surface area (Å²) in [6.07, 6.45) is 7.36. The first-order chi connectivity index (χ1) is 19.4. The summed E-state index contributed by atoms with van der Waals surface area (Å²) < 4.78 is 46.8. The van der Waals surface area contributed by atoms with E-state index in [2.05, 4.69) is 53.7 Å². The smallest absolute Gasteiger partial charge is 0.339 e. The van der Waals surface area contributed by atoms with Gasteiger partial charge in [0, 0.05) is 11.5 Å². The molecule has 2 saturated carbocycles. The van der Waals surface area contributed by atoms with Gasteiger partial charge in [-0.1, -0.05) is 121 Å². The van der Waals surface area contributed by atoms with Crippen LogP contribution in [0.2, 0.25) is 0 Å². The van der Waals surface area contributed by atoms with Gasteiger partial charge in [-0.05, 0) is 71.3 Å². The van der Waals surface area contributed by atoms with Crippen LogP contribution < -0.4 is 4.89 Å². The van der Waals surface area contributed by atoms with E-state index in [0.717, 1.165) is 55.2 Å². The van der Waals surface area contributed by atoms with Crippen LogP contribution in [0.1, 0.15) is 146 Å². The van der Waals surface area contributed by atoms with Gasteiger partial charge in [-0.2, -0.15) is 8.42 Å². The van der Waals surface area contributed by atoms with Gasteiger partial charge in [-0.15, -0.1) is 0 Å². The van der Waals surface area contributed by atoms with Crippen molar-refractivity contribution >= 4 is 18.1 Å². The lowest BCUT2D eigenvalue weighted by atomic mass is 9.78. The first-order valence-corrected chi connectivity index (χ1v) is 18.3. The zero-order valence-corrected chi connectivity index (χ0v) is 27.5. The molecule has 0 aromatic heterocycles. The third-order valence-corrected chi connectivity index (χ3v) is 13.4. The minimum atomic E-state index is -4.55. The van der Waals surface area contributed by atoms with Crippen LogP contribution in [0.3, 0.4) is 0 Å². The molecule has 2 aliphatic carbocycles. The Kier molecular flexibility index (Phi) is 10.5. The standard InChI is InChI=1S/C34H49O5PS/c1-23(2)26-21-30(24(3)4)33(31(22-26)25(5)6)29-19-13-14-20-32(29)34(40(35)36,27-15-9-7-10-16-27)41(37,38)39-28-17-11-8-12-18-28/h13-14,19-25,27-28H,7-12,15-18H2,1-6H3. The van der Waals surface area contributed by atoms with Crippen LogP contribution in [0.15, 0.2) is 36.4 Å². The monoisotopic (exact) mass is 600 g/mol. The fraction of sp³-hybridized carbons (Fsp3) is 0.647. The Bertz CT molecular complexity index is 1290. The molecule has 0 radical (unpaired) electrons. The minimum Gasteiger partial charge on any atom is -0.594 e. The number of hydrogen-bond donors (Lipinski definition) is 0. The van der Waals surface area contributed by atoms with Crippen molar-refractivity contribution < 1.29 is 22.1 Å². The topological polar surface area (TPSA) is 83.5 Å². The average molecular weight is 601 g/mol. The summed E-state index contributed by atoms with van der Waals surface area (Å²) in [4.78, 5) is 13.8. The van der Waals surface area contributed by atoms with E-state index in [1.54, 1.807) is 12.1 Å². The van der Waals surface area contributed by atoms with Gasteiger partial charge in [0.1, 0.15) is 0 Å². The predicted octanol–water partition coefficient (Wildman–Crippen LogP) is 9.24. The molecule has 5 nitrogen and oxygen atoms in total. The Morgan fingerprint density at radius 3 is 1.80 bits per heavy atom. The summed E-state index contributed by atoms with van der Waals surface area (Å²) in [5.41, 5.74) is 5.52. The van der Waals surface area contributed by atoms with Crippen molar-refractivity contribution in [3.63, 3.8) is 0 Å². The zero-order chi connectivity index (χ0) is 29.9. The summed E-state index contributed by atoms with van der Waals surface area (Å²) in [6, 6.07) is 11.9. The highest BCUT2D eigenvalue weighted by molar-refractivity contribution is 7.93. The van der Waals surface area contributed by atoms with Gasteiger partial charge in [-0.3, -0.25) is 4.18 Å². The second kappa shape index (κ2) is 13.4. The Balaban J connectivity index is 2.06. The maximum Gasteiger partial charge on any atom is 0.339 e. The van der Waals surface area contributed by atoms with Crippen LogP contribution in [0.25, 0.3) is 11.1 Å². The van der Waals surface area contributed by atoms with Crippen LogP contribution in [0, 0.1) is 5.92 Å². The van der Waals surface area contributed by atoms with Crippen molar-refractivity contribution in [2.75, 3.05) is 0 Å². The molecule has 0 bridgehead atoms. The van der Waals surface area contributed by atoms with E-state index in [9.17, 15) is 17.9 Å². The Morgan fingerprint density at radius 1 is 0.805 bits per heavy atom. The second-order valence-electron chi connectivity index (χ2n) is 13.2. The van der Waals surface area contributed by atoms with Crippen LogP contribution in [0.5, 0.6) is 0 Å².